The van der Waals surface area contributed by atoms with Crippen LogP contribution in [0.15, 0.2) is 24.3 Å². The van der Waals surface area contributed by atoms with Gasteiger partial charge in [-0.1, -0.05) is 18.2 Å². The van der Waals surface area contributed by atoms with Crippen molar-refractivity contribution in [3.05, 3.63) is 29.8 Å². The normalized spacial score (nSPS) is 23.6. The fourth-order valence-electron chi connectivity index (χ4n) is 2.41. The van der Waals surface area contributed by atoms with E-state index in [0.29, 0.717) is 12.1 Å². The number of para-hydroxylation sites is 1. The van der Waals surface area contributed by atoms with E-state index in [2.05, 4.69) is 10.1 Å². The summed E-state index contributed by atoms with van der Waals surface area (Å²) in [5.41, 5.74) is 0.482. The summed E-state index contributed by atoms with van der Waals surface area (Å²) < 4.78 is 40.9. The van der Waals surface area contributed by atoms with E-state index in [0.717, 1.165) is 25.7 Å². The second-order valence-electron chi connectivity index (χ2n) is 5.04. The van der Waals surface area contributed by atoms with E-state index in [-0.39, 0.29) is 17.9 Å². The maximum Gasteiger partial charge on any atom is 0.573 e. The highest BCUT2D eigenvalue weighted by atomic mass is 19.4. The number of aliphatic hydroxyl groups excluding tert-OH is 1. The van der Waals surface area contributed by atoms with E-state index in [1.165, 1.54) is 12.1 Å². The minimum Gasteiger partial charge on any atom is -0.405 e. The molecule has 20 heavy (non-hydrogen) atoms. The quantitative estimate of drug-likeness (QED) is 0.895. The molecule has 1 fully saturated rings. The molecule has 0 amide bonds. The number of aliphatic hydroxyl groups is 1. The standard InChI is InChI=1S/C14H18F3NO2/c15-14(16,17)20-13-4-2-1-3-10(13)9-18-11-5-7-12(19)8-6-11/h1-4,11-12,18-19H,5-9H2. The Morgan fingerprint density at radius 1 is 1.15 bits per heavy atom. The lowest BCUT2D eigenvalue weighted by atomic mass is 9.93. The number of nitrogens with one attached hydrogen (secondary N) is 1. The highest BCUT2D eigenvalue weighted by molar-refractivity contribution is 5.33. The second-order valence-corrected chi connectivity index (χ2v) is 5.04. The summed E-state index contributed by atoms with van der Waals surface area (Å²) in [6, 6.07) is 6.37. The molecule has 1 aromatic carbocycles. The number of hydrogen-bond donors (Lipinski definition) is 2. The Hall–Kier alpha value is -1.27. The van der Waals surface area contributed by atoms with Gasteiger partial charge in [0.1, 0.15) is 5.75 Å². The molecule has 0 heterocycles. The lowest BCUT2D eigenvalue weighted by Crippen LogP contribution is -2.34. The van der Waals surface area contributed by atoms with Gasteiger partial charge in [0, 0.05) is 18.2 Å². The van der Waals surface area contributed by atoms with Gasteiger partial charge in [0.05, 0.1) is 6.10 Å². The van der Waals surface area contributed by atoms with Crippen molar-refractivity contribution in [3.8, 4) is 5.75 Å². The van der Waals surface area contributed by atoms with Gasteiger partial charge >= 0.3 is 6.36 Å². The SMILES string of the molecule is OC1CCC(NCc2ccccc2OC(F)(F)F)CC1. The molecule has 2 N–H and O–H groups in total. The monoisotopic (exact) mass is 289 g/mol. The summed E-state index contributed by atoms with van der Waals surface area (Å²) in [5, 5.41) is 12.6. The molecule has 0 aliphatic heterocycles. The van der Waals surface area contributed by atoms with Crippen LogP contribution in [0.4, 0.5) is 13.2 Å². The molecule has 0 spiro atoms. The zero-order chi connectivity index (χ0) is 14.6. The molecule has 0 aromatic heterocycles. The zero-order valence-electron chi connectivity index (χ0n) is 11.0. The van der Waals surface area contributed by atoms with Crippen LogP contribution in [0.5, 0.6) is 5.75 Å². The van der Waals surface area contributed by atoms with E-state index in [1.54, 1.807) is 12.1 Å². The first-order valence-corrected chi connectivity index (χ1v) is 6.69. The van der Waals surface area contributed by atoms with Crippen molar-refractivity contribution in [1.29, 1.82) is 0 Å². The minimum atomic E-state index is -4.68. The van der Waals surface area contributed by atoms with Gasteiger partial charge in [-0.3, -0.25) is 0 Å². The number of benzene rings is 1. The van der Waals surface area contributed by atoms with E-state index < -0.39 is 6.36 Å². The predicted molar refractivity (Wildman–Crippen MR) is 68.2 cm³/mol. The fraction of sp³-hybridized carbons (Fsp3) is 0.571. The average molecular weight is 289 g/mol. The van der Waals surface area contributed by atoms with Gasteiger partial charge in [-0.15, -0.1) is 13.2 Å². The molecule has 0 atom stereocenters. The Morgan fingerprint density at radius 2 is 1.80 bits per heavy atom. The van der Waals surface area contributed by atoms with Gasteiger partial charge in [-0.2, -0.15) is 0 Å². The lowest BCUT2D eigenvalue weighted by Gasteiger charge is -2.26. The summed E-state index contributed by atoms with van der Waals surface area (Å²) in [6.45, 7) is 0.326. The number of alkyl halides is 3. The van der Waals surface area contributed by atoms with Gasteiger partial charge < -0.3 is 15.2 Å². The fourth-order valence-corrected chi connectivity index (χ4v) is 2.41. The molecule has 2 rings (SSSR count). The molecule has 1 aliphatic carbocycles. The number of halogens is 3. The van der Waals surface area contributed by atoms with Crippen molar-refractivity contribution < 1.29 is 23.0 Å². The van der Waals surface area contributed by atoms with Crippen LogP contribution in [-0.2, 0) is 6.54 Å². The minimum absolute atomic E-state index is 0.164. The van der Waals surface area contributed by atoms with Gasteiger partial charge in [0.2, 0.25) is 0 Å². The maximum atomic E-state index is 12.3. The van der Waals surface area contributed by atoms with Crippen molar-refractivity contribution in [3.63, 3.8) is 0 Å². The zero-order valence-corrected chi connectivity index (χ0v) is 11.0. The Morgan fingerprint density at radius 3 is 2.45 bits per heavy atom. The van der Waals surface area contributed by atoms with Gasteiger partial charge in [-0.25, -0.2) is 0 Å². The average Bonchev–Trinajstić information content (AvgIpc) is 2.38. The molecule has 0 unspecified atom stereocenters. The van der Waals surface area contributed by atoms with Crippen LogP contribution < -0.4 is 10.1 Å². The molecule has 1 aliphatic rings. The topological polar surface area (TPSA) is 41.5 Å². The first-order chi connectivity index (χ1) is 9.44. The first kappa shape index (κ1) is 15.1. The van der Waals surface area contributed by atoms with Crippen molar-refractivity contribution in [1.82, 2.24) is 5.32 Å². The summed E-state index contributed by atoms with van der Waals surface area (Å²) >= 11 is 0. The molecule has 0 saturated heterocycles. The van der Waals surface area contributed by atoms with Crippen molar-refractivity contribution in [2.24, 2.45) is 0 Å². The largest absolute Gasteiger partial charge is 0.573 e. The van der Waals surface area contributed by atoms with Crippen LogP contribution in [0, 0.1) is 0 Å². The summed E-state index contributed by atoms with van der Waals surface area (Å²) in [7, 11) is 0. The van der Waals surface area contributed by atoms with Gasteiger partial charge in [0.25, 0.3) is 0 Å². The van der Waals surface area contributed by atoms with Gasteiger partial charge in [-0.05, 0) is 31.7 Å². The Labute approximate surface area is 115 Å². The van der Waals surface area contributed by atoms with E-state index >= 15 is 0 Å². The molecule has 1 saturated carbocycles. The first-order valence-electron chi connectivity index (χ1n) is 6.69. The van der Waals surface area contributed by atoms with Crippen LogP contribution in [0.2, 0.25) is 0 Å². The van der Waals surface area contributed by atoms with E-state index in [9.17, 15) is 18.3 Å². The summed E-state index contributed by atoms with van der Waals surface area (Å²) in [5.74, 6) is -0.164. The predicted octanol–water partition coefficient (Wildman–Crippen LogP) is 2.98. The third kappa shape index (κ3) is 4.68. The molecular weight excluding hydrogens is 271 g/mol. The molecule has 112 valence electrons. The molecule has 0 radical (unpaired) electrons. The Balaban J connectivity index is 1.92. The molecular formula is C14H18F3NO2. The second kappa shape index (κ2) is 6.45. The van der Waals surface area contributed by atoms with E-state index in [1.807, 2.05) is 0 Å². The number of rotatable bonds is 4. The third-order valence-electron chi connectivity index (χ3n) is 3.48. The van der Waals surface area contributed by atoms with Crippen molar-refractivity contribution >= 4 is 0 Å². The molecule has 0 bridgehead atoms. The smallest absolute Gasteiger partial charge is 0.405 e. The van der Waals surface area contributed by atoms with Crippen LogP contribution >= 0.6 is 0 Å². The van der Waals surface area contributed by atoms with Crippen LogP contribution in [-0.4, -0.2) is 23.6 Å². The van der Waals surface area contributed by atoms with Crippen molar-refractivity contribution in [2.45, 2.75) is 50.7 Å². The third-order valence-corrected chi connectivity index (χ3v) is 3.48. The highest BCUT2D eigenvalue weighted by Crippen LogP contribution is 2.26. The summed E-state index contributed by atoms with van der Waals surface area (Å²) in [6.07, 6.45) is -1.77. The summed E-state index contributed by atoms with van der Waals surface area (Å²) in [4.78, 5) is 0. The molecule has 1 aromatic rings. The Kier molecular flexibility index (Phi) is 4.88. The van der Waals surface area contributed by atoms with Crippen LogP contribution in [0.3, 0.4) is 0 Å². The van der Waals surface area contributed by atoms with Crippen LogP contribution in [0.1, 0.15) is 31.2 Å². The van der Waals surface area contributed by atoms with Crippen LogP contribution in [0.25, 0.3) is 0 Å². The number of ether oxygens (including phenoxy) is 1. The number of hydrogen-bond acceptors (Lipinski definition) is 3. The highest BCUT2D eigenvalue weighted by Gasteiger charge is 2.32. The maximum absolute atomic E-state index is 12.3. The lowest BCUT2D eigenvalue weighted by molar-refractivity contribution is -0.274. The molecule has 3 nitrogen and oxygen atoms in total. The van der Waals surface area contributed by atoms with Crippen molar-refractivity contribution in [2.75, 3.05) is 0 Å². The van der Waals surface area contributed by atoms with Gasteiger partial charge in [0.15, 0.2) is 0 Å². The van der Waals surface area contributed by atoms with E-state index in [4.69, 9.17) is 0 Å². The Bertz CT molecular complexity index is 429. The molecule has 6 heteroatoms.